The van der Waals surface area contributed by atoms with Crippen molar-refractivity contribution in [2.24, 2.45) is 0 Å². The Hall–Kier alpha value is -1.46. The number of hydrogen-bond acceptors (Lipinski definition) is 2. The first kappa shape index (κ1) is 12.6. The number of aryl methyl sites for hydroxylation is 1. The molecule has 0 radical (unpaired) electrons. The average molecular weight is 217 g/mol. The van der Waals surface area contributed by atoms with Gasteiger partial charge in [-0.2, -0.15) is 0 Å². The predicted molar refractivity (Wildman–Crippen MR) is 67.5 cm³/mol. The molecule has 1 rings (SSSR count). The quantitative estimate of drug-likeness (QED) is 0.765. The minimum Gasteiger partial charge on any atom is -0.480 e. The molecule has 0 unspecified atom stereocenters. The van der Waals surface area contributed by atoms with Crippen molar-refractivity contribution >= 4 is 0 Å². The van der Waals surface area contributed by atoms with E-state index in [1.807, 2.05) is 19.1 Å². The largest absolute Gasteiger partial charge is 0.480 e. The molecule has 0 spiro atoms. The van der Waals surface area contributed by atoms with E-state index in [1.54, 1.807) is 0 Å². The van der Waals surface area contributed by atoms with Crippen molar-refractivity contribution in [2.75, 3.05) is 6.61 Å². The lowest BCUT2D eigenvalue weighted by molar-refractivity contribution is 0.361. The van der Waals surface area contributed by atoms with Crippen molar-refractivity contribution < 1.29 is 4.74 Å². The molecule has 0 bridgehead atoms. The lowest BCUT2D eigenvalue weighted by atomic mass is 10.1. The molecule has 1 N–H and O–H groups in total. The highest BCUT2D eigenvalue weighted by Crippen LogP contribution is 2.23. The molecular weight excluding hydrogens is 198 g/mol. The highest BCUT2D eigenvalue weighted by Gasteiger charge is 2.06. The van der Waals surface area contributed by atoms with Crippen LogP contribution in [0.4, 0.5) is 0 Å². The maximum Gasteiger partial charge on any atom is 0.148 e. The molecular formula is C14H19NO. The average Bonchev–Trinajstić information content (AvgIpc) is 2.25. The van der Waals surface area contributed by atoms with Crippen LogP contribution in [0.1, 0.15) is 25.0 Å². The molecule has 2 nitrogen and oxygen atoms in total. The maximum absolute atomic E-state index is 5.57. The minimum atomic E-state index is 0.319. The van der Waals surface area contributed by atoms with E-state index in [-0.39, 0.29) is 0 Å². The third-order valence-corrected chi connectivity index (χ3v) is 2.29. The van der Waals surface area contributed by atoms with Crippen LogP contribution >= 0.6 is 0 Å². The number of nitrogens with one attached hydrogen (secondary N) is 1. The summed E-state index contributed by atoms with van der Waals surface area (Å²) in [7, 11) is 0. The zero-order valence-electron chi connectivity index (χ0n) is 10.2. The Morgan fingerprint density at radius 2 is 2.19 bits per heavy atom. The second kappa shape index (κ2) is 6.19. The first-order chi connectivity index (χ1) is 7.65. The van der Waals surface area contributed by atoms with Crippen molar-refractivity contribution in [1.82, 2.24) is 5.32 Å². The molecule has 16 heavy (non-hydrogen) atoms. The maximum atomic E-state index is 5.57. The van der Waals surface area contributed by atoms with E-state index < -0.39 is 0 Å². The zero-order valence-corrected chi connectivity index (χ0v) is 10.2. The van der Waals surface area contributed by atoms with Crippen molar-refractivity contribution in [2.45, 2.75) is 33.4 Å². The van der Waals surface area contributed by atoms with Gasteiger partial charge in [-0.3, -0.25) is 0 Å². The molecule has 0 aromatic heterocycles. The van der Waals surface area contributed by atoms with E-state index in [4.69, 9.17) is 11.2 Å². The summed E-state index contributed by atoms with van der Waals surface area (Å²) in [6.07, 6.45) is 5.21. The van der Waals surface area contributed by atoms with Gasteiger partial charge in [0, 0.05) is 18.2 Å². The molecule has 1 aromatic rings. The Kier molecular flexibility index (Phi) is 4.88. The monoisotopic (exact) mass is 217 g/mol. The Morgan fingerprint density at radius 1 is 1.44 bits per heavy atom. The van der Waals surface area contributed by atoms with Crippen LogP contribution in [0.2, 0.25) is 0 Å². The smallest absolute Gasteiger partial charge is 0.148 e. The third-order valence-electron chi connectivity index (χ3n) is 2.29. The van der Waals surface area contributed by atoms with E-state index in [0.29, 0.717) is 12.6 Å². The highest BCUT2D eigenvalue weighted by atomic mass is 16.5. The molecule has 0 fully saturated rings. The van der Waals surface area contributed by atoms with E-state index in [0.717, 1.165) is 23.4 Å². The summed E-state index contributed by atoms with van der Waals surface area (Å²) in [5.41, 5.74) is 2.28. The van der Waals surface area contributed by atoms with Crippen LogP contribution in [0, 0.1) is 19.3 Å². The fraction of sp³-hybridized carbons (Fsp3) is 0.429. The number of hydrogen-bond donors (Lipinski definition) is 1. The van der Waals surface area contributed by atoms with E-state index >= 15 is 0 Å². The van der Waals surface area contributed by atoms with Crippen LogP contribution in [0.3, 0.4) is 0 Å². The van der Waals surface area contributed by atoms with Crippen LogP contribution in [-0.4, -0.2) is 12.6 Å². The normalized spacial score (nSPS) is 10.2. The summed E-state index contributed by atoms with van der Waals surface area (Å²) in [5.74, 6) is 3.40. The first-order valence-corrected chi connectivity index (χ1v) is 5.53. The van der Waals surface area contributed by atoms with Gasteiger partial charge in [-0.15, -0.1) is 6.42 Å². The fourth-order valence-corrected chi connectivity index (χ4v) is 1.49. The fourth-order valence-electron chi connectivity index (χ4n) is 1.49. The molecule has 0 heterocycles. The van der Waals surface area contributed by atoms with Gasteiger partial charge in [0.1, 0.15) is 12.4 Å². The summed E-state index contributed by atoms with van der Waals surface area (Å²) in [6.45, 7) is 7.40. The van der Waals surface area contributed by atoms with E-state index in [1.165, 1.54) is 0 Å². The Labute approximate surface area is 98.0 Å². The minimum absolute atomic E-state index is 0.319. The van der Waals surface area contributed by atoms with Gasteiger partial charge in [0.2, 0.25) is 0 Å². The lowest BCUT2D eigenvalue weighted by Gasteiger charge is -2.14. The van der Waals surface area contributed by atoms with Gasteiger partial charge < -0.3 is 10.1 Å². The molecule has 0 aliphatic carbocycles. The second-order valence-electron chi connectivity index (χ2n) is 4.09. The lowest BCUT2D eigenvalue weighted by Crippen LogP contribution is -2.22. The van der Waals surface area contributed by atoms with Crippen molar-refractivity contribution in [1.29, 1.82) is 0 Å². The van der Waals surface area contributed by atoms with Gasteiger partial charge in [0.05, 0.1) is 0 Å². The van der Waals surface area contributed by atoms with Crippen molar-refractivity contribution in [3.05, 3.63) is 29.3 Å². The number of terminal acetylenes is 1. The summed E-state index contributed by atoms with van der Waals surface area (Å²) < 4.78 is 5.57. The molecule has 0 saturated carbocycles. The summed E-state index contributed by atoms with van der Waals surface area (Å²) in [6, 6.07) is 6.59. The van der Waals surface area contributed by atoms with Crippen LogP contribution in [-0.2, 0) is 6.54 Å². The predicted octanol–water partition coefficient (Wildman–Crippen LogP) is 2.51. The second-order valence-corrected chi connectivity index (χ2v) is 4.09. The summed E-state index contributed by atoms with van der Waals surface area (Å²) in [5, 5.41) is 3.37. The Bertz CT molecular complexity index is 377. The summed E-state index contributed by atoms with van der Waals surface area (Å²) >= 11 is 0. The molecule has 0 atom stereocenters. The standard InChI is InChI=1S/C14H19NO/c1-5-9-16-14-12(4)7-6-8-13(14)10-15-11(2)3/h1,6-8,11,15H,9-10H2,2-4H3. The number of para-hydroxylation sites is 1. The molecule has 0 saturated heterocycles. The van der Waals surface area contributed by atoms with E-state index in [9.17, 15) is 0 Å². The topological polar surface area (TPSA) is 21.3 Å². The zero-order chi connectivity index (χ0) is 12.0. The van der Waals surface area contributed by atoms with Crippen LogP contribution in [0.5, 0.6) is 5.75 Å². The molecule has 0 amide bonds. The first-order valence-electron chi connectivity index (χ1n) is 5.53. The highest BCUT2D eigenvalue weighted by molar-refractivity contribution is 5.40. The Balaban J connectivity index is 2.81. The number of benzene rings is 1. The Morgan fingerprint density at radius 3 is 2.81 bits per heavy atom. The van der Waals surface area contributed by atoms with Gasteiger partial charge in [-0.05, 0) is 12.5 Å². The molecule has 0 aliphatic heterocycles. The molecule has 1 aromatic carbocycles. The van der Waals surface area contributed by atoms with Gasteiger partial charge in [0.25, 0.3) is 0 Å². The van der Waals surface area contributed by atoms with Crippen LogP contribution in [0.15, 0.2) is 18.2 Å². The third kappa shape index (κ3) is 3.60. The van der Waals surface area contributed by atoms with E-state index in [2.05, 4.69) is 31.2 Å². The van der Waals surface area contributed by atoms with Gasteiger partial charge >= 0.3 is 0 Å². The molecule has 2 heteroatoms. The van der Waals surface area contributed by atoms with Gasteiger partial charge in [0.15, 0.2) is 0 Å². The van der Waals surface area contributed by atoms with Gasteiger partial charge in [-0.1, -0.05) is 38.0 Å². The molecule has 86 valence electrons. The van der Waals surface area contributed by atoms with Crippen molar-refractivity contribution in [3.8, 4) is 18.1 Å². The van der Waals surface area contributed by atoms with Crippen molar-refractivity contribution in [3.63, 3.8) is 0 Å². The molecule has 0 aliphatic rings. The SMILES string of the molecule is C#CCOc1c(C)cccc1CNC(C)C. The number of rotatable bonds is 5. The number of ether oxygens (including phenoxy) is 1. The van der Waals surface area contributed by atoms with Gasteiger partial charge in [-0.25, -0.2) is 0 Å². The van der Waals surface area contributed by atoms with Crippen LogP contribution < -0.4 is 10.1 Å². The van der Waals surface area contributed by atoms with Crippen LogP contribution in [0.25, 0.3) is 0 Å². The summed E-state index contributed by atoms with van der Waals surface area (Å²) in [4.78, 5) is 0.